The van der Waals surface area contributed by atoms with Gasteiger partial charge in [0.2, 0.25) is 0 Å². The molecule has 1 aromatic rings. The summed E-state index contributed by atoms with van der Waals surface area (Å²) >= 11 is 2.23. The van der Waals surface area contributed by atoms with Gasteiger partial charge in [-0.05, 0) is 12.8 Å². The van der Waals surface area contributed by atoms with Crippen molar-refractivity contribution in [1.29, 1.82) is 0 Å². The molecule has 16 heteroatoms. The van der Waals surface area contributed by atoms with Crippen LogP contribution in [0.5, 0.6) is 0 Å². The summed E-state index contributed by atoms with van der Waals surface area (Å²) in [6.45, 7) is -0.0871. The molecule has 0 bridgehead atoms. The van der Waals surface area contributed by atoms with Gasteiger partial charge < -0.3 is 36.1 Å². The highest BCUT2D eigenvalue weighted by atomic mass is 32.2. The van der Waals surface area contributed by atoms with Crippen molar-refractivity contribution in [3.05, 3.63) is 22.3 Å². The molecule has 3 aliphatic heterocycles. The van der Waals surface area contributed by atoms with Gasteiger partial charge in [-0.3, -0.25) is 14.5 Å². The van der Waals surface area contributed by atoms with Crippen molar-refractivity contribution in [1.82, 2.24) is 20.1 Å². The number of carboxylic acids is 1. The minimum absolute atomic E-state index is 0.0316. The number of thiazole rings is 1. The smallest absolute Gasteiger partial charge is 0.410 e. The fourth-order valence-corrected chi connectivity index (χ4v) is 5.99. The number of carbonyl (C=O) groups excluding carboxylic acids is 3. The van der Waals surface area contributed by atoms with Crippen molar-refractivity contribution >= 4 is 57.8 Å². The molecule has 0 saturated carbocycles. The lowest BCUT2D eigenvalue weighted by Crippen LogP contribution is -2.71. The van der Waals surface area contributed by atoms with Crippen LogP contribution in [0.1, 0.15) is 18.5 Å². The van der Waals surface area contributed by atoms with Gasteiger partial charge >= 0.3 is 12.1 Å². The number of anilines is 1. The molecule has 188 valence electrons. The van der Waals surface area contributed by atoms with Crippen LogP contribution in [-0.2, 0) is 19.1 Å². The maximum Gasteiger partial charge on any atom is 0.410 e. The highest BCUT2D eigenvalue weighted by molar-refractivity contribution is 8.00. The number of nitrogens with zero attached hydrogens (tertiary/aromatic N) is 4. The van der Waals surface area contributed by atoms with Crippen LogP contribution in [-0.4, -0.2) is 103 Å². The first-order chi connectivity index (χ1) is 16.8. The van der Waals surface area contributed by atoms with Crippen LogP contribution in [0.15, 0.2) is 21.8 Å². The monoisotopic (exact) mass is 526 g/mol. The Balaban J connectivity index is 1.43. The van der Waals surface area contributed by atoms with Crippen LogP contribution >= 0.6 is 23.1 Å². The van der Waals surface area contributed by atoms with Gasteiger partial charge in [0.25, 0.3) is 11.8 Å². The minimum atomic E-state index is -1.37. The Kier molecular flexibility index (Phi) is 7.13. The Morgan fingerprint density at radius 3 is 2.77 bits per heavy atom. The maximum atomic E-state index is 12.8. The van der Waals surface area contributed by atoms with E-state index in [9.17, 15) is 34.6 Å². The number of carbonyl (C=O) groups is 4. The Labute approximate surface area is 206 Å². The van der Waals surface area contributed by atoms with E-state index < -0.39 is 41.0 Å². The third-order valence-electron chi connectivity index (χ3n) is 5.81. The molecule has 2 saturated heterocycles. The number of aromatic nitrogens is 1. The van der Waals surface area contributed by atoms with E-state index >= 15 is 0 Å². The Morgan fingerprint density at radius 1 is 1.37 bits per heavy atom. The molecule has 14 nitrogen and oxygen atoms in total. The van der Waals surface area contributed by atoms with Crippen LogP contribution < -0.4 is 11.1 Å². The number of fused-ring (bicyclic) bond motifs is 1. The predicted molar refractivity (Wildman–Crippen MR) is 123 cm³/mol. The van der Waals surface area contributed by atoms with Gasteiger partial charge in [0, 0.05) is 23.3 Å². The van der Waals surface area contributed by atoms with Crippen LogP contribution in [0.3, 0.4) is 0 Å². The summed E-state index contributed by atoms with van der Waals surface area (Å²) in [5.74, 6) is -2.78. The topological polar surface area (TPSA) is 208 Å². The average molecular weight is 527 g/mol. The molecule has 1 unspecified atom stereocenters. The number of carboxylic acid groups (broad SMARTS) is 1. The third kappa shape index (κ3) is 4.63. The fourth-order valence-electron chi connectivity index (χ4n) is 4.11. The molecule has 4 rings (SSSR count). The van der Waals surface area contributed by atoms with E-state index in [1.165, 1.54) is 22.0 Å². The van der Waals surface area contributed by atoms with Gasteiger partial charge in [-0.1, -0.05) is 5.16 Å². The number of nitrogens with two attached hydrogens (primary N) is 1. The quantitative estimate of drug-likeness (QED) is 0.129. The molecule has 0 aromatic carbocycles. The molecule has 0 radical (unpaired) electrons. The summed E-state index contributed by atoms with van der Waals surface area (Å²) in [4.78, 5) is 56.0. The molecule has 3 aliphatic rings. The lowest BCUT2D eigenvalue weighted by atomic mass is 10.0. The zero-order chi connectivity index (χ0) is 25.3. The highest BCUT2D eigenvalue weighted by Crippen LogP contribution is 2.40. The van der Waals surface area contributed by atoms with E-state index in [0.29, 0.717) is 13.0 Å². The zero-order valence-electron chi connectivity index (χ0n) is 18.1. The van der Waals surface area contributed by atoms with E-state index in [1.54, 1.807) is 0 Å². The van der Waals surface area contributed by atoms with E-state index in [0.717, 1.165) is 22.7 Å². The Morgan fingerprint density at radius 2 is 2.14 bits per heavy atom. The number of ether oxygens (including phenoxy) is 1. The number of aliphatic hydroxyl groups is 1. The van der Waals surface area contributed by atoms with Gasteiger partial charge in [-0.2, -0.15) is 0 Å². The number of rotatable bonds is 7. The maximum absolute atomic E-state index is 12.8. The van der Waals surface area contributed by atoms with E-state index in [2.05, 4.69) is 15.5 Å². The number of amides is 3. The normalized spacial score (nSPS) is 24.2. The average Bonchev–Trinajstić information content (AvgIpc) is 3.49. The third-order valence-corrected chi connectivity index (χ3v) is 7.82. The van der Waals surface area contributed by atoms with Crippen LogP contribution in [0.2, 0.25) is 0 Å². The van der Waals surface area contributed by atoms with Crippen LogP contribution in [0.25, 0.3) is 0 Å². The first-order valence-electron chi connectivity index (χ1n) is 10.4. The van der Waals surface area contributed by atoms with E-state index in [1.807, 2.05) is 0 Å². The summed E-state index contributed by atoms with van der Waals surface area (Å²) in [7, 11) is 0. The summed E-state index contributed by atoms with van der Waals surface area (Å²) in [5.41, 5.74) is 5.07. The molecule has 6 N–H and O–H groups in total. The number of nitrogens with one attached hydrogen (secondary N) is 1. The summed E-state index contributed by atoms with van der Waals surface area (Å²) < 4.78 is 5.28. The van der Waals surface area contributed by atoms with Crippen molar-refractivity contribution in [3.63, 3.8) is 0 Å². The van der Waals surface area contributed by atoms with Crippen molar-refractivity contribution in [2.75, 3.05) is 31.2 Å². The Hall–Kier alpha value is -3.37. The summed E-state index contributed by atoms with van der Waals surface area (Å²) in [5, 5.41) is 34.6. The van der Waals surface area contributed by atoms with E-state index in [-0.39, 0.29) is 47.1 Å². The largest absolute Gasteiger partial charge is 0.477 e. The number of β-lactam (4-membered cyclic amide) rings is 1. The highest BCUT2D eigenvalue weighted by Gasteiger charge is 2.54. The van der Waals surface area contributed by atoms with Crippen LogP contribution in [0, 0.1) is 0 Å². The number of aliphatic hydroxyl groups excluding tert-OH is 1. The fraction of sp³-hybridized carbons (Fsp3) is 0.474. The van der Waals surface area contributed by atoms with Gasteiger partial charge in [0.05, 0.1) is 12.6 Å². The minimum Gasteiger partial charge on any atom is -0.477 e. The first-order valence-corrected chi connectivity index (χ1v) is 12.4. The molecule has 35 heavy (non-hydrogen) atoms. The first kappa shape index (κ1) is 24.7. The van der Waals surface area contributed by atoms with Gasteiger partial charge in [-0.25, -0.2) is 14.6 Å². The molecule has 1 aromatic heterocycles. The Bertz CT molecular complexity index is 1120. The van der Waals surface area contributed by atoms with Gasteiger partial charge in [-0.15, -0.1) is 23.1 Å². The molecule has 3 amide bonds. The molecule has 3 atom stereocenters. The number of hydrogen-bond donors (Lipinski definition) is 5. The second-order valence-electron chi connectivity index (χ2n) is 7.86. The number of nitrogen functional groups attached to an aromatic ring is 1. The second-order valence-corrected chi connectivity index (χ2v) is 9.86. The lowest BCUT2D eigenvalue weighted by Gasteiger charge is -2.49. The number of aliphatic carboxylic acids is 1. The molecule has 0 spiro atoms. The standard InChI is InChI=1S/C19H22N6O8S2/c20-18-21-10(7-35-18)11(23-32)14(27)22-12-15(28)25-13(17(29)30)8(6-34-16(12)25)5-33-19(31)24-3-1-2-9(24)4-26/h7,9,12,16,26,32H,1-6H2,(H2,20,21)(H,22,27)(H,29,30)/b23-11+/t9-,12?,16+/m0/s1. The van der Waals surface area contributed by atoms with Crippen molar-refractivity contribution in [3.8, 4) is 0 Å². The molecular weight excluding hydrogens is 504 g/mol. The van der Waals surface area contributed by atoms with Crippen LogP contribution in [0.4, 0.5) is 9.93 Å². The van der Waals surface area contributed by atoms with E-state index in [4.69, 9.17) is 10.5 Å². The zero-order valence-corrected chi connectivity index (χ0v) is 19.8. The predicted octanol–water partition coefficient (Wildman–Crippen LogP) is -0.764. The van der Waals surface area contributed by atoms with Crippen molar-refractivity contribution in [2.24, 2.45) is 5.16 Å². The number of hydrogen-bond acceptors (Lipinski definition) is 12. The van der Waals surface area contributed by atoms with Crippen molar-refractivity contribution < 1.29 is 39.3 Å². The SMILES string of the molecule is Nc1nc(/C(=N\O)C(=O)NC2C(=O)N3C(C(=O)O)=C(COC(=O)N4CCC[C@H]4CO)CS[C@H]23)cs1. The number of likely N-dealkylation sites (tertiary alicyclic amines) is 1. The van der Waals surface area contributed by atoms with Crippen molar-refractivity contribution in [2.45, 2.75) is 30.3 Å². The molecule has 4 heterocycles. The molecular formula is C19H22N6O8S2. The van der Waals surface area contributed by atoms with Gasteiger partial charge in [0.15, 0.2) is 10.8 Å². The van der Waals surface area contributed by atoms with Gasteiger partial charge in [0.1, 0.15) is 29.4 Å². The summed E-state index contributed by atoms with van der Waals surface area (Å²) in [6.07, 6.45) is 0.721. The second kappa shape index (κ2) is 10.1. The molecule has 2 fully saturated rings. The molecule has 0 aliphatic carbocycles. The lowest BCUT2D eigenvalue weighted by molar-refractivity contribution is -0.150. The number of oxime groups is 1. The number of thioether (sulfide) groups is 1. The summed E-state index contributed by atoms with van der Waals surface area (Å²) in [6, 6.07) is -1.40.